The van der Waals surface area contributed by atoms with E-state index in [0.29, 0.717) is 32.6 Å². The summed E-state index contributed by atoms with van der Waals surface area (Å²) in [6.07, 6.45) is 3.05. The zero-order valence-corrected chi connectivity index (χ0v) is 15.8. The second kappa shape index (κ2) is 6.77. The maximum atomic E-state index is 13.3. The summed E-state index contributed by atoms with van der Waals surface area (Å²) in [6, 6.07) is 9.80. The molecule has 2 saturated heterocycles. The molecule has 2 heterocycles. The lowest BCUT2D eigenvalue weighted by molar-refractivity contribution is -0.185. The number of esters is 1. The molecular weight excluding hydrogens is 346 g/mol. The molecule has 0 unspecified atom stereocenters. The molecule has 3 aliphatic rings. The largest absolute Gasteiger partial charge is 0.465 e. The van der Waals surface area contributed by atoms with Crippen molar-refractivity contribution in [1.82, 2.24) is 4.90 Å². The van der Waals surface area contributed by atoms with Crippen LogP contribution in [0.15, 0.2) is 42.1 Å². The highest BCUT2D eigenvalue weighted by Gasteiger charge is 2.62. The predicted molar refractivity (Wildman–Crippen MR) is 97.2 cm³/mol. The Hall–Kier alpha value is -2.18. The molecule has 1 aromatic rings. The van der Waals surface area contributed by atoms with Crippen molar-refractivity contribution in [1.29, 1.82) is 0 Å². The maximum absolute atomic E-state index is 13.3. The van der Waals surface area contributed by atoms with E-state index in [-0.39, 0.29) is 12.5 Å². The Balaban J connectivity index is 1.72. The Morgan fingerprint density at radius 3 is 2.63 bits per heavy atom. The third-order valence-corrected chi connectivity index (χ3v) is 5.79. The average Bonchev–Trinajstić information content (AvgIpc) is 3.16. The molecule has 6 heteroatoms. The van der Waals surface area contributed by atoms with Gasteiger partial charge in [0.2, 0.25) is 5.91 Å². The molecule has 1 spiro atoms. The fraction of sp³-hybridized carbons (Fsp3) is 0.524. The zero-order chi connectivity index (χ0) is 19.1. The Bertz CT molecular complexity index is 768. The van der Waals surface area contributed by atoms with Gasteiger partial charge in [0.05, 0.1) is 26.4 Å². The van der Waals surface area contributed by atoms with Gasteiger partial charge >= 0.3 is 5.97 Å². The minimum absolute atomic E-state index is 0.207. The van der Waals surface area contributed by atoms with Gasteiger partial charge in [-0.25, -0.2) is 0 Å². The van der Waals surface area contributed by atoms with Gasteiger partial charge in [0.25, 0.3) is 0 Å². The van der Waals surface area contributed by atoms with Crippen LogP contribution in [0.5, 0.6) is 0 Å². The van der Waals surface area contributed by atoms with Crippen LogP contribution in [0.1, 0.15) is 32.3 Å². The summed E-state index contributed by atoms with van der Waals surface area (Å²) in [5, 5.41) is 0. The standard InChI is InChI=1S/C21H25NO5/c1-3-25-19(24)17-18(23)22(13-15-7-5-4-6-8-15)16-9-10-21(14-20(16,17)2)26-11-12-27-21/h4-9,17H,3,10-14H2,1-2H3/t17-,20-/m1/s1. The van der Waals surface area contributed by atoms with Crippen LogP contribution in [0, 0.1) is 11.3 Å². The number of allylic oxidation sites excluding steroid dienone is 1. The highest BCUT2D eigenvalue weighted by atomic mass is 16.7. The van der Waals surface area contributed by atoms with Gasteiger partial charge in [0.1, 0.15) is 5.92 Å². The monoisotopic (exact) mass is 371 g/mol. The smallest absolute Gasteiger partial charge is 0.319 e. The van der Waals surface area contributed by atoms with E-state index in [1.54, 1.807) is 11.8 Å². The van der Waals surface area contributed by atoms with Crippen molar-refractivity contribution < 1.29 is 23.8 Å². The normalized spacial score (nSPS) is 29.0. The molecule has 6 nitrogen and oxygen atoms in total. The number of fused-ring (bicyclic) bond motifs is 1. The van der Waals surface area contributed by atoms with Crippen molar-refractivity contribution in [2.45, 2.75) is 39.0 Å². The zero-order valence-electron chi connectivity index (χ0n) is 15.8. The number of nitrogens with zero attached hydrogens (tertiary/aromatic N) is 1. The van der Waals surface area contributed by atoms with Gasteiger partial charge in [-0.3, -0.25) is 9.59 Å². The van der Waals surface area contributed by atoms with Crippen molar-refractivity contribution in [3.8, 4) is 0 Å². The molecule has 0 saturated carbocycles. The van der Waals surface area contributed by atoms with Gasteiger partial charge in [-0.1, -0.05) is 43.3 Å². The lowest BCUT2D eigenvalue weighted by Crippen LogP contribution is -2.45. The third kappa shape index (κ3) is 2.97. The van der Waals surface area contributed by atoms with Crippen molar-refractivity contribution in [2.75, 3.05) is 19.8 Å². The minimum Gasteiger partial charge on any atom is -0.465 e. The van der Waals surface area contributed by atoms with Crippen molar-refractivity contribution in [3.63, 3.8) is 0 Å². The first-order valence-corrected chi connectivity index (χ1v) is 9.50. The van der Waals surface area contributed by atoms with Gasteiger partial charge in [-0.05, 0) is 12.5 Å². The molecule has 0 N–H and O–H groups in total. The number of carbonyl (C=O) groups excluding carboxylic acids is 2. The van der Waals surface area contributed by atoms with E-state index in [9.17, 15) is 9.59 Å². The molecule has 144 valence electrons. The number of rotatable bonds is 4. The van der Waals surface area contributed by atoms with Crippen molar-refractivity contribution >= 4 is 11.9 Å². The lowest BCUT2D eigenvalue weighted by Gasteiger charge is -2.41. The fourth-order valence-electron chi connectivity index (χ4n) is 4.66. The van der Waals surface area contributed by atoms with Crippen LogP contribution in [0.25, 0.3) is 0 Å². The van der Waals surface area contributed by atoms with E-state index in [2.05, 4.69) is 0 Å². The Kier molecular flexibility index (Phi) is 4.56. The first-order chi connectivity index (χ1) is 13.0. The quantitative estimate of drug-likeness (QED) is 0.601. The minimum atomic E-state index is -0.877. The van der Waals surface area contributed by atoms with E-state index >= 15 is 0 Å². The summed E-state index contributed by atoms with van der Waals surface area (Å²) in [4.78, 5) is 27.8. The number of amides is 1. The summed E-state index contributed by atoms with van der Waals surface area (Å²) >= 11 is 0. The van der Waals surface area contributed by atoms with Crippen molar-refractivity contribution in [3.05, 3.63) is 47.7 Å². The van der Waals surface area contributed by atoms with Gasteiger partial charge < -0.3 is 19.1 Å². The van der Waals surface area contributed by atoms with Crippen molar-refractivity contribution in [2.24, 2.45) is 11.3 Å². The molecule has 0 aromatic heterocycles. The topological polar surface area (TPSA) is 65.1 Å². The van der Waals surface area contributed by atoms with E-state index in [4.69, 9.17) is 14.2 Å². The summed E-state index contributed by atoms with van der Waals surface area (Å²) in [7, 11) is 0. The molecule has 2 fully saturated rings. The molecule has 1 aromatic carbocycles. The molecule has 1 amide bonds. The molecule has 2 aliphatic heterocycles. The van der Waals surface area contributed by atoms with Gasteiger partial charge in [-0.2, -0.15) is 0 Å². The number of carbonyl (C=O) groups is 2. The molecular formula is C21H25NO5. The summed E-state index contributed by atoms with van der Waals surface area (Å²) in [6.45, 7) is 5.45. The van der Waals surface area contributed by atoms with Crippen LogP contribution < -0.4 is 0 Å². The molecule has 1 aliphatic carbocycles. The average molecular weight is 371 g/mol. The Morgan fingerprint density at radius 2 is 1.96 bits per heavy atom. The van der Waals surface area contributed by atoms with E-state index in [0.717, 1.165) is 11.3 Å². The first kappa shape index (κ1) is 18.2. The number of hydrogen-bond acceptors (Lipinski definition) is 5. The molecule has 2 atom stereocenters. The summed E-state index contributed by atoms with van der Waals surface area (Å²) < 4.78 is 17.0. The summed E-state index contributed by atoms with van der Waals surface area (Å²) in [5.74, 6) is -2.30. The summed E-state index contributed by atoms with van der Waals surface area (Å²) in [5.41, 5.74) is 1.19. The van der Waals surface area contributed by atoms with Gasteiger partial charge in [0, 0.05) is 24.0 Å². The first-order valence-electron chi connectivity index (χ1n) is 9.50. The van der Waals surface area contributed by atoms with E-state index in [1.165, 1.54) is 0 Å². The SMILES string of the molecule is CCOC(=O)[C@H]1C(=O)N(Cc2ccccc2)C2=CCC3(C[C@]21C)OCCO3. The molecule has 0 bridgehead atoms. The maximum Gasteiger partial charge on any atom is 0.319 e. The predicted octanol–water partition coefficient (Wildman–Crippen LogP) is 2.64. The highest BCUT2D eigenvalue weighted by molar-refractivity contribution is 6.02. The van der Waals surface area contributed by atoms with E-state index in [1.807, 2.05) is 43.3 Å². The van der Waals surface area contributed by atoms with Crippen LogP contribution in [0.4, 0.5) is 0 Å². The highest BCUT2D eigenvalue weighted by Crippen LogP contribution is 2.56. The van der Waals surface area contributed by atoms with E-state index < -0.39 is 23.1 Å². The lowest BCUT2D eigenvalue weighted by atomic mass is 9.69. The van der Waals surface area contributed by atoms with Crippen LogP contribution >= 0.6 is 0 Å². The van der Waals surface area contributed by atoms with Gasteiger partial charge in [0.15, 0.2) is 5.79 Å². The fourth-order valence-corrected chi connectivity index (χ4v) is 4.66. The Morgan fingerprint density at radius 1 is 1.26 bits per heavy atom. The molecule has 0 radical (unpaired) electrons. The van der Waals surface area contributed by atoms with Crippen LogP contribution in [0.3, 0.4) is 0 Å². The Labute approximate surface area is 159 Å². The number of ether oxygens (including phenoxy) is 3. The van der Waals surface area contributed by atoms with Gasteiger partial charge in [-0.15, -0.1) is 0 Å². The molecule has 27 heavy (non-hydrogen) atoms. The second-order valence-electron chi connectivity index (χ2n) is 7.59. The molecule has 4 rings (SSSR count). The van der Waals surface area contributed by atoms with Crippen LogP contribution in [-0.4, -0.2) is 42.4 Å². The second-order valence-corrected chi connectivity index (χ2v) is 7.59. The van der Waals surface area contributed by atoms with Crippen LogP contribution in [-0.2, 0) is 30.3 Å². The number of benzene rings is 1. The number of likely N-dealkylation sites (tertiary alicyclic amines) is 1. The third-order valence-electron chi connectivity index (χ3n) is 5.79. The number of hydrogen-bond donors (Lipinski definition) is 0. The van der Waals surface area contributed by atoms with Crippen LogP contribution in [0.2, 0.25) is 0 Å².